The zero-order valence-electron chi connectivity index (χ0n) is 18.3. The molecule has 2 aromatic heterocycles. The van der Waals surface area contributed by atoms with Crippen LogP contribution in [0.4, 0.5) is 24.8 Å². The Kier molecular flexibility index (Phi) is 5.73. The second-order valence-corrected chi connectivity index (χ2v) is 7.75. The Bertz CT molecular complexity index is 1360. The van der Waals surface area contributed by atoms with Gasteiger partial charge in [-0.15, -0.1) is 5.10 Å². The molecular formula is C23H19F3N6O3. The average Bonchev–Trinajstić information content (AvgIpc) is 3.50. The van der Waals surface area contributed by atoms with Gasteiger partial charge in [-0.25, -0.2) is 9.67 Å². The summed E-state index contributed by atoms with van der Waals surface area (Å²) >= 11 is 0. The third-order valence-corrected chi connectivity index (χ3v) is 5.56. The minimum Gasteiger partial charge on any atom is -0.494 e. The van der Waals surface area contributed by atoms with E-state index in [4.69, 9.17) is 9.47 Å². The number of anilines is 2. The Labute approximate surface area is 197 Å². The third-order valence-electron chi connectivity index (χ3n) is 5.56. The molecule has 0 aliphatic heterocycles. The lowest BCUT2D eigenvalue weighted by Gasteiger charge is -2.17. The summed E-state index contributed by atoms with van der Waals surface area (Å²) < 4.78 is 53.6. The maximum atomic E-state index is 13.7. The van der Waals surface area contributed by atoms with Gasteiger partial charge in [0.25, 0.3) is 0 Å². The van der Waals surface area contributed by atoms with E-state index >= 15 is 0 Å². The first-order valence-electron chi connectivity index (χ1n) is 10.6. The van der Waals surface area contributed by atoms with Crippen LogP contribution in [-0.4, -0.2) is 37.2 Å². The lowest BCUT2D eigenvalue weighted by Crippen LogP contribution is -2.11. The van der Waals surface area contributed by atoms with Crippen molar-refractivity contribution in [3.63, 3.8) is 0 Å². The molecule has 4 aromatic rings. The molecule has 5 rings (SSSR count). The Hall–Kier alpha value is -4.19. The maximum absolute atomic E-state index is 13.7. The van der Waals surface area contributed by atoms with Crippen molar-refractivity contribution in [2.45, 2.75) is 25.1 Å². The van der Waals surface area contributed by atoms with Crippen molar-refractivity contribution >= 4 is 11.6 Å². The first-order chi connectivity index (χ1) is 16.8. The van der Waals surface area contributed by atoms with Crippen LogP contribution in [0.2, 0.25) is 0 Å². The molecule has 0 spiro atoms. The molecule has 2 N–H and O–H groups in total. The smallest absolute Gasteiger partial charge is 0.423 e. The summed E-state index contributed by atoms with van der Waals surface area (Å²) in [6, 6.07) is 10.0. The molecule has 0 radical (unpaired) electrons. The molecular weight excluding hydrogens is 465 g/mol. The predicted octanol–water partition coefficient (Wildman–Crippen LogP) is 4.60. The summed E-state index contributed by atoms with van der Waals surface area (Å²) in [5.41, 5.74) is 1.24. The van der Waals surface area contributed by atoms with Crippen molar-refractivity contribution in [1.29, 1.82) is 0 Å². The Morgan fingerprint density at radius 2 is 2.03 bits per heavy atom. The number of fused-ring (bicyclic) bond motifs is 1. The van der Waals surface area contributed by atoms with Gasteiger partial charge in [-0.3, -0.25) is 0 Å². The molecule has 1 aliphatic carbocycles. The van der Waals surface area contributed by atoms with E-state index in [-0.39, 0.29) is 11.7 Å². The zero-order valence-corrected chi connectivity index (χ0v) is 18.3. The fourth-order valence-corrected chi connectivity index (χ4v) is 3.91. The van der Waals surface area contributed by atoms with Crippen LogP contribution in [0.25, 0.3) is 5.69 Å². The SMILES string of the molecule is COc1cc(-n2ccnn2)ccc1Nc1ncc(C(F)(F)F)c(Oc2cccc3c2C(O)CC3)n1. The van der Waals surface area contributed by atoms with Gasteiger partial charge < -0.3 is 19.9 Å². The number of rotatable bonds is 6. The van der Waals surface area contributed by atoms with Crippen molar-refractivity contribution in [3.8, 4) is 23.1 Å². The summed E-state index contributed by atoms with van der Waals surface area (Å²) in [6.45, 7) is 0. The number of hydrogen-bond donors (Lipinski definition) is 2. The minimum atomic E-state index is -4.75. The molecule has 1 unspecified atom stereocenters. The molecule has 0 saturated carbocycles. The van der Waals surface area contributed by atoms with Gasteiger partial charge in [0.2, 0.25) is 11.8 Å². The monoisotopic (exact) mass is 484 g/mol. The van der Waals surface area contributed by atoms with Crippen molar-refractivity contribution in [3.05, 3.63) is 71.7 Å². The van der Waals surface area contributed by atoms with Gasteiger partial charge in [0, 0.05) is 17.8 Å². The van der Waals surface area contributed by atoms with Gasteiger partial charge in [0.05, 0.1) is 37.0 Å². The molecule has 0 fully saturated rings. The summed E-state index contributed by atoms with van der Waals surface area (Å²) in [5, 5.41) is 20.8. The maximum Gasteiger partial charge on any atom is 0.423 e. The van der Waals surface area contributed by atoms with E-state index in [1.54, 1.807) is 30.5 Å². The lowest BCUT2D eigenvalue weighted by molar-refractivity contribution is -0.139. The summed E-state index contributed by atoms with van der Waals surface area (Å²) in [6.07, 6.45) is -0.646. The van der Waals surface area contributed by atoms with Gasteiger partial charge in [-0.1, -0.05) is 17.3 Å². The normalized spacial score (nSPS) is 15.1. The fourth-order valence-electron chi connectivity index (χ4n) is 3.91. The number of nitrogens with zero attached hydrogens (tertiary/aromatic N) is 5. The highest BCUT2D eigenvalue weighted by molar-refractivity contribution is 5.65. The second-order valence-electron chi connectivity index (χ2n) is 7.75. The number of aliphatic hydroxyl groups is 1. The molecule has 35 heavy (non-hydrogen) atoms. The standard InChI is InChI=1S/C23H19F3N6O3/c1-34-19-11-14(32-10-9-28-31-32)6-7-16(19)29-22-27-12-15(23(24,25)26)21(30-22)35-18-4-2-3-13-5-8-17(33)20(13)18/h2-4,6-7,9-12,17,33H,5,8H2,1H3,(H,27,29,30). The molecule has 1 atom stereocenters. The van der Waals surface area contributed by atoms with Crippen LogP contribution in [0.5, 0.6) is 17.4 Å². The van der Waals surface area contributed by atoms with Crippen molar-refractivity contribution < 1.29 is 27.8 Å². The van der Waals surface area contributed by atoms with Crippen LogP contribution in [0, 0.1) is 0 Å². The molecule has 0 saturated heterocycles. The van der Waals surface area contributed by atoms with Crippen molar-refractivity contribution in [1.82, 2.24) is 25.0 Å². The van der Waals surface area contributed by atoms with E-state index in [1.165, 1.54) is 24.1 Å². The number of alkyl halides is 3. The summed E-state index contributed by atoms with van der Waals surface area (Å²) in [4.78, 5) is 7.82. The fraction of sp³-hybridized carbons (Fsp3) is 0.217. The molecule has 2 aromatic carbocycles. The molecule has 0 amide bonds. The van der Waals surface area contributed by atoms with E-state index in [1.807, 2.05) is 6.07 Å². The third kappa shape index (κ3) is 4.47. The van der Waals surface area contributed by atoms with E-state index in [0.29, 0.717) is 41.7 Å². The number of methoxy groups -OCH3 is 1. The number of ether oxygens (including phenoxy) is 2. The molecule has 12 heteroatoms. The van der Waals surface area contributed by atoms with Gasteiger partial charge in [-0.2, -0.15) is 18.2 Å². The van der Waals surface area contributed by atoms with Crippen LogP contribution >= 0.6 is 0 Å². The summed E-state index contributed by atoms with van der Waals surface area (Å²) in [5.74, 6) is -0.306. The van der Waals surface area contributed by atoms with Gasteiger partial charge in [-0.05, 0) is 36.6 Å². The van der Waals surface area contributed by atoms with E-state index < -0.39 is 23.7 Å². The van der Waals surface area contributed by atoms with Crippen LogP contribution < -0.4 is 14.8 Å². The first-order valence-corrected chi connectivity index (χ1v) is 10.6. The second kappa shape index (κ2) is 8.87. The number of aromatic nitrogens is 5. The van der Waals surface area contributed by atoms with Crippen LogP contribution in [0.1, 0.15) is 29.2 Å². The molecule has 1 aliphatic rings. The Morgan fingerprint density at radius 3 is 2.77 bits per heavy atom. The number of hydrogen-bond acceptors (Lipinski definition) is 8. The lowest BCUT2D eigenvalue weighted by atomic mass is 10.1. The van der Waals surface area contributed by atoms with E-state index in [0.717, 1.165) is 5.56 Å². The highest BCUT2D eigenvalue weighted by atomic mass is 19.4. The van der Waals surface area contributed by atoms with Gasteiger partial charge in [0.1, 0.15) is 17.1 Å². The number of aliphatic hydroxyl groups excluding tert-OH is 1. The molecule has 180 valence electrons. The molecule has 2 heterocycles. The summed E-state index contributed by atoms with van der Waals surface area (Å²) in [7, 11) is 1.45. The largest absolute Gasteiger partial charge is 0.494 e. The van der Waals surface area contributed by atoms with Crippen LogP contribution in [-0.2, 0) is 12.6 Å². The Balaban J connectivity index is 1.49. The number of nitrogens with one attached hydrogen (secondary N) is 1. The number of halogens is 3. The predicted molar refractivity (Wildman–Crippen MR) is 118 cm³/mol. The number of benzene rings is 2. The highest BCUT2D eigenvalue weighted by Crippen LogP contribution is 2.42. The Morgan fingerprint density at radius 1 is 1.17 bits per heavy atom. The number of aryl methyl sites for hydroxylation is 1. The quantitative estimate of drug-likeness (QED) is 0.409. The van der Waals surface area contributed by atoms with Crippen molar-refractivity contribution in [2.75, 3.05) is 12.4 Å². The van der Waals surface area contributed by atoms with Crippen LogP contribution in [0.3, 0.4) is 0 Å². The molecule has 9 nitrogen and oxygen atoms in total. The first kappa shape index (κ1) is 22.6. The van der Waals surface area contributed by atoms with Gasteiger partial charge >= 0.3 is 6.18 Å². The molecule has 0 bridgehead atoms. The van der Waals surface area contributed by atoms with Gasteiger partial charge in [0.15, 0.2) is 0 Å². The topological polar surface area (TPSA) is 107 Å². The van der Waals surface area contributed by atoms with Crippen molar-refractivity contribution in [2.24, 2.45) is 0 Å². The van der Waals surface area contributed by atoms with Crippen LogP contribution in [0.15, 0.2) is 55.0 Å². The minimum absolute atomic E-state index is 0.123. The highest BCUT2D eigenvalue weighted by Gasteiger charge is 2.37. The van der Waals surface area contributed by atoms with E-state index in [9.17, 15) is 18.3 Å². The average molecular weight is 484 g/mol. The van der Waals surface area contributed by atoms with E-state index in [2.05, 4.69) is 25.6 Å². The zero-order chi connectivity index (χ0) is 24.6.